The minimum atomic E-state index is -0.346. The fourth-order valence-electron chi connectivity index (χ4n) is 2.05. The molecule has 3 N–H and O–H groups in total. The third kappa shape index (κ3) is 6.05. The van der Waals surface area contributed by atoms with Crippen LogP contribution in [0.25, 0.3) is 0 Å². The van der Waals surface area contributed by atoms with Gasteiger partial charge in [-0.15, -0.1) is 24.8 Å². The molecule has 1 saturated heterocycles. The number of nitrogens with zero attached hydrogens (tertiary/aromatic N) is 1. The number of carbonyl (C=O) groups excluding carboxylic acids is 1. The first-order chi connectivity index (χ1) is 8.75. The monoisotopic (exact) mass is 321 g/mol. The predicted molar refractivity (Wildman–Crippen MR) is 82.4 cm³/mol. The van der Waals surface area contributed by atoms with Crippen molar-refractivity contribution in [3.05, 3.63) is 30.1 Å². The van der Waals surface area contributed by atoms with E-state index in [2.05, 4.69) is 15.6 Å². The van der Waals surface area contributed by atoms with Crippen LogP contribution in [0.15, 0.2) is 24.4 Å². The highest BCUT2D eigenvalue weighted by atomic mass is 35.5. The molecular formula is C13H21Cl2N3O2. The van der Waals surface area contributed by atoms with Crippen LogP contribution in [0.3, 0.4) is 0 Å². The molecule has 114 valence electrons. The molecule has 5 nitrogen and oxygen atoms in total. The van der Waals surface area contributed by atoms with Crippen molar-refractivity contribution < 1.29 is 9.90 Å². The summed E-state index contributed by atoms with van der Waals surface area (Å²) < 4.78 is 0. The molecule has 0 radical (unpaired) electrons. The quantitative estimate of drug-likeness (QED) is 0.740. The Morgan fingerprint density at radius 1 is 1.40 bits per heavy atom. The molecule has 2 unspecified atom stereocenters. The van der Waals surface area contributed by atoms with Gasteiger partial charge in [0.1, 0.15) is 0 Å². The van der Waals surface area contributed by atoms with Gasteiger partial charge in [0.05, 0.1) is 6.10 Å². The van der Waals surface area contributed by atoms with Crippen LogP contribution >= 0.6 is 24.8 Å². The summed E-state index contributed by atoms with van der Waals surface area (Å²) in [6, 6.07) is 5.69. The number of nitrogens with one attached hydrogen (secondary N) is 2. The lowest BCUT2D eigenvalue weighted by atomic mass is 10.1. The van der Waals surface area contributed by atoms with Crippen LogP contribution < -0.4 is 10.6 Å². The van der Waals surface area contributed by atoms with Crippen molar-refractivity contribution in [2.75, 3.05) is 19.6 Å². The number of hydrogen-bond acceptors (Lipinski definition) is 4. The van der Waals surface area contributed by atoms with Gasteiger partial charge in [0.15, 0.2) is 0 Å². The summed E-state index contributed by atoms with van der Waals surface area (Å²) in [5.41, 5.74) is 0.926. The molecule has 2 heterocycles. The zero-order chi connectivity index (χ0) is 12.8. The van der Waals surface area contributed by atoms with Crippen molar-refractivity contribution in [2.24, 2.45) is 5.92 Å². The molecule has 0 saturated carbocycles. The SMILES string of the molecule is Cl.Cl.O=C(CCc1ccccn1)NCC1CNCC1O. The first-order valence-corrected chi connectivity index (χ1v) is 6.31. The van der Waals surface area contributed by atoms with Gasteiger partial charge in [-0.3, -0.25) is 9.78 Å². The smallest absolute Gasteiger partial charge is 0.220 e. The number of amides is 1. The molecule has 1 aliphatic heterocycles. The maximum absolute atomic E-state index is 11.6. The van der Waals surface area contributed by atoms with Crippen molar-refractivity contribution >= 4 is 30.7 Å². The molecule has 1 fully saturated rings. The summed E-state index contributed by atoms with van der Waals surface area (Å²) in [6.07, 6.45) is 2.47. The van der Waals surface area contributed by atoms with E-state index in [0.717, 1.165) is 12.2 Å². The van der Waals surface area contributed by atoms with Crippen molar-refractivity contribution in [1.82, 2.24) is 15.6 Å². The fraction of sp³-hybridized carbons (Fsp3) is 0.538. The Bertz CT molecular complexity index is 392. The number of aryl methyl sites for hydroxylation is 1. The zero-order valence-corrected chi connectivity index (χ0v) is 12.8. The zero-order valence-electron chi connectivity index (χ0n) is 11.1. The number of aliphatic hydroxyl groups is 1. The van der Waals surface area contributed by atoms with E-state index < -0.39 is 0 Å². The van der Waals surface area contributed by atoms with Gasteiger partial charge >= 0.3 is 0 Å². The van der Waals surface area contributed by atoms with E-state index in [9.17, 15) is 9.90 Å². The molecule has 1 aromatic heterocycles. The maximum atomic E-state index is 11.6. The topological polar surface area (TPSA) is 74.2 Å². The first kappa shape index (κ1) is 19.1. The second-order valence-corrected chi connectivity index (χ2v) is 4.61. The van der Waals surface area contributed by atoms with Gasteiger partial charge in [0, 0.05) is 43.9 Å². The second kappa shape index (κ2) is 9.94. The van der Waals surface area contributed by atoms with Gasteiger partial charge < -0.3 is 15.7 Å². The van der Waals surface area contributed by atoms with E-state index in [0.29, 0.717) is 25.9 Å². The Labute approximate surface area is 131 Å². The maximum Gasteiger partial charge on any atom is 0.220 e. The van der Waals surface area contributed by atoms with Gasteiger partial charge in [-0.1, -0.05) is 6.07 Å². The number of rotatable bonds is 5. The summed E-state index contributed by atoms with van der Waals surface area (Å²) in [7, 11) is 0. The molecular weight excluding hydrogens is 301 g/mol. The number of halogens is 2. The fourth-order valence-corrected chi connectivity index (χ4v) is 2.05. The van der Waals surface area contributed by atoms with Crippen molar-refractivity contribution in [2.45, 2.75) is 18.9 Å². The Morgan fingerprint density at radius 3 is 2.80 bits per heavy atom. The van der Waals surface area contributed by atoms with Crippen LogP contribution in [0.4, 0.5) is 0 Å². The van der Waals surface area contributed by atoms with Gasteiger partial charge in [-0.2, -0.15) is 0 Å². The highest BCUT2D eigenvalue weighted by Crippen LogP contribution is 2.07. The van der Waals surface area contributed by atoms with Gasteiger partial charge in [-0.25, -0.2) is 0 Å². The third-order valence-electron chi connectivity index (χ3n) is 3.20. The lowest BCUT2D eigenvalue weighted by Crippen LogP contribution is -2.34. The van der Waals surface area contributed by atoms with Crippen molar-refractivity contribution in [3.8, 4) is 0 Å². The number of aromatic nitrogens is 1. The van der Waals surface area contributed by atoms with E-state index in [1.807, 2.05) is 18.2 Å². The third-order valence-corrected chi connectivity index (χ3v) is 3.20. The average molecular weight is 322 g/mol. The Morgan fingerprint density at radius 2 is 2.20 bits per heavy atom. The summed E-state index contributed by atoms with van der Waals surface area (Å²) in [5, 5.41) is 15.5. The van der Waals surface area contributed by atoms with E-state index in [1.54, 1.807) is 6.20 Å². The molecule has 7 heteroatoms. The average Bonchev–Trinajstić information content (AvgIpc) is 2.81. The minimum Gasteiger partial charge on any atom is -0.391 e. The number of β-amino-alcohol motifs (C(OH)–C–C–N with tert-alkyl or cyclic N) is 1. The Kier molecular flexibility index (Phi) is 9.50. The molecule has 1 amide bonds. The molecule has 0 spiro atoms. The van der Waals surface area contributed by atoms with Crippen molar-refractivity contribution in [3.63, 3.8) is 0 Å². The molecule has 2 atom stereocenters. The number of aliphatic hydroxyl groups excluding tert-OH is 1. The van der Waals surface area contributed by atoms with Gasteiger partial charge in [-0.05, 0) is 18.6 Å². The van der Waals surface area contributed by atoms with Gasteiger partial charge in [0.25, 0.3) is 0 Å². The summed E-state index contributed by atoms with van der Waals surface area (Å²) >= 11 is 0. The lowest BCUT2D eigenvalue weighted by Gasteiger charge is -2.13. The molecule has 1 aromatic rings. The van der Waals surface area contributed by atoms with Crippen LogP contribution in [0.1, 0.15) is 12.1 Å². The molecule has 2 rings (SSSR count). The van der Waals surface area contributed by atoms with Crippen molar-refractivity contribution in [1.29, 1.82) is 0 Å². The van der Waals surface area contributed by atoms with E-state index in [4.69, 9.17) is 0 Å². The molecule has 1 aliphatic rings. The summed E-state index contributed by atoms with van der Waals surface area (Å²) in [5.74, 6) is 0.142. The van der Waals surface area contributed by atoms with E-state index >= 15 is 0 Å². The van der Waals surface area contributed by atoms with Crippen LogP contribution in [0, 0.1) is 5.92 Å². The normalized spacial score (nSPS) is 20.6. The molecule has 20 heavy (non-hydrogen) atoms. The molecule has 0 aromatic carbocycles. The van der Waals surface area contributed by atoms with Crippen LogP contribution in [-0.2, 0) is 11.2 Å². The number of hydrogen-bond donors (Lipinski definition) is 3. The van der Waals surface area contributed by atoms with Crippen LogP contribution in [0.5, 0.6) is 0 Å². The Hall–Kier alpha value is -0.880. The second-order valence-electron chi connectivity index (χ2n) is 4.61. The summed E-state index contributed by atoms with van der Waals surface area (Å²) in [6.45, 7) is 1.92. The lowest BCUT2D eigenvalue weighted by molar-refractivity contribution is -0.121. The van der Waals surface area contributed by atoms with E-state index in [-0.39, 0.29) is 42.7 Å². The first-order valence-electron chi connectivity index (χ1n) is 6.31. The van der Waals surface area contributed by atoms with Crippen LogP contribution in [-0.4, -0.2) is 41.7 Å². The van der Waals surface area contributed by atoms with E-state index in [1.165, 1.54) is 0 Å². The largest absolute Gasteiger partial charge is 0.391 e. The molecule has 0 bridgehead atoms. The number of carbonyl (C=O) groups is 1. The molecule has 0 aliphatic carbocycles. The Balaban J connectivity index is 0.00000180. The standard InChI is InChI=1S/C13H19N3O2.2ClH/c17-12-9-14-7-10(12)8-16-13(18)5-4-11-3-1-2-6-15-11;;/h1-3,6,10,12,14,17H,4-5,7-9H2,(H,16,18);2*1H. The predicted octanol–water partition coefficient (Wildman–Crippen LogP) is 0.554. The van der Waals surface area contributed by atoms with Crippen LogP contribution in [0.2, 0.25) is 0 Å². The highest BCUT2D eigenvalue weighted by molar-refractivity contribution is 5.85. The highest BCUT2D eigenvalue weighted by Gasteiger charge is 2.24. The van der Waals surface area contributed by atoms with Gasteiger partial charge in [0.2, 0.25) is 5.91 Å². The minimum absolute atomic E-state index is 0. The number of pyridine rings is 1. The summed E-state index contributed by atoms with van der Waals surface area (Å²) in [4.78, 5) is 15.8.